The predicted molar refractivity (Wildman–Crippen MR) is 73.7 cm³/mol. The number of carboxylic acids is 1. The van der Waals surface area contributed by atoms with Crippen LogP contribution in [0.1, 0.15) is 37.7 Å². The number of hydrogen-bond donors (Lipinski definition) is 1. The largest absolute Gasteiger partial charge is 0.480 e. The third-order valence-electron chi connectivity index (χ3n) is 4.87. The maximum atomic E-state index is 13.8. The molecule has 1 aromatic rings. The van der Waals surface area contributed by atoms with Crippen molar-refractivity contribution in [1.82, 2.24) is 4.90 Å². The van der Waals surface area contributed by atoms with Crippen LogP contribution in [0.3, 0.4) is 0 Å². The number of benzene rings is 1. The van der Waals surface area contributed by atoms with Gasteiger partial charge in [-0.15, -0.1) is 0 Å². The lowest BCUT2D eigenvalue weighted by molar-refractivity contribution is -0.142. The minimum atomic E-state index is -0.841. The zero-order valence-corrected chi connectivity index (χ0v) is 11.8. The summed E-state index contributed by atoms with van der Waals surface area (Å²) < 4.78 is 26.8. The zero-order chi connectivity index (χ0) is 15.0. The number of rotatable bonds is 3. The molecule has 0 bridgehead atoms. The normalized spacial score (nSPS) is 29.3. The molecule has 1 saturated carbocycles. The SMILES string of the molecule is O=C(O)[C@@H]1C[C@@H]2CCCC[C@@H]2N1Cc1ccc(F)cc1F. The minimum absolute atomic E-state index is 0.212. The van der Waals surface area contributed by atoms with Gasteiger partial charge >= 0.3 is 5.97 Å². The summed E-state index contributed by atoms with van der Waals surface area (Å²) in [6.45, 7) is 0.240. The van der Waals surface area contributed by atoms with Crippen molar-refractivity contribution in [1.29, 1.82) is 0 Å². The number of aliphatic carboxylic acids is 1. The second kappa shape index (κ2) is 5.72. The lowest BCUT2D eigenvalue weighted by Crippen LogP contribution is -2.41. The lowest BCUT2D eigenvalue weighted by atomic mass is 9.84. The van der Waals surface area contributed by atoms with Crippen LogP contribution >= 0.6 is 0 Å². The molecule has 114 valence electrons. The fourth-order valence-electron chi connectivity index (χ4n) is 3.87. The number of fused-ring (bicyclic) bond motifs is 1. The van der Waals surface area contributed by atoms with Crippen molar-refractivity contribution in [3.05, 3.63) is 35.4 Å². The van der Waals surface area contributed by atoms with Crippen LogP contribution in [0.4, 0.5) is 8.78 Å². The molecule has 0 aromatic heterocycles. The smallest absolute Gasteiger partial charge is 0.320 e. The summed E-state index contributed by atoms with van der Waals surface area (Å²) >= 11 is 0. The first-order valence-corrected chi connectivity index (χ1v) is 7.48. The maximum Gasteiger partial charge on any atom is 0.320 e. The van der Waals surface area contributed by atoms with Crippen LogP contribution in [0.2, 0.25) is 0 Å². The van der Waals surface area contributed by atoms with E-state index in [1.807, 2.05) is 4.90 Å². The highest BCUT2D eigenvalue weighted by molar-refractivity contribution is 5.74. The standard InChI is InChI=1S/C16H19F2NO2/c17-12-6-5-11(13(18)8-12)9-19-14-4-2-1-3-10(14)7-15(19)16(20)21/h5-6,8,10,14-15H,1-4,7,9H2,(H,20,21)/t10-,14-,15-/m0/s1. The number of likely N-dealkylation sites (tertiary alicyclic amines) is 1. The third-order valence-corrected chi connectivity index (χ3v) is 4.87. The molecule has 1 saturated heterocycles. The molecule has 3 nitrogen and oxygen atoms in total. The zero-order valence-electron chi connectivity index (χ0n) is 11.8. The predicted octanol–water partition coefficient (Wildman–Crippen LogP) is 3.18. The number of hydrogen-bond acceptors (Lipinski definition) is 2. The molecule has 2 aliphatic rings. The average molecular weight is 295 g/mol. The third kappa shape index (κ3) is 2.79. The highest BCUT2D eigenvalue weighted by atomic mass is 19.1. The average Bonchev–Trinajstić information content (AvgIpc) is 2.81. The van der Waals surface area contributed by atoms with E-state index in [1.165, 1.54) is 12.1 Å². The van der Waals surface area contributed by atoms with Crippen molar-refractivity contribution in [3.8, 4) is 0 Å². The fraction of sp³-hybridized carbons (Fsp3) is 0.562. The Bertz CT molecular complexity index is 549. The van der Waals surface area contributed by atoms with Crippen LogP contribution in [0.25, 0.3) is 0 Å². The Morgan fingerprint density at radius 1 is 1.29 bits per heavy atom. The quantitative estimate of drug-likeness (QED) is 0.931. The Labute approximate surface area is 122 Å². The van der Waals surface area contributed by atoms with E-state index in [9.17, 15) is 18.7 Å². The molecule has 1 aliphatic carbocycles. The van der Waals surface area contributed by atoms with Gasteiger partial charge in [0.15, 0.2) is 0 Å². The van der Waals surface area contributed by atoms with Crippen LogP contribution in [0, 0.1) is 17.6 Å². The summed E-state index contributed by atoms with van der Waals surface area (Å²) in [6.07, 6.45) is 4.90. The van der Waals surface area contributed by atoms with Gasteiger partial charge in [-0.25, -0.2) is 8.78 Å². The summed E-state index contributed by atoms with van der Waals surface area (Å²) in [5, 5.41) is 9.43. The second-order valence-corrected chi connectivity index (χ2v) is 6.11. The van der Waals surface area contributed by atoms with Gasteiger partial charge in [0.1, 0.15) is 17.7 Å². The molecule has 0 radical (unpaired) electrons. The second-order valence-electron chi connectivity index (χ2n) is 6.11. The van der Waals surface area contributed by atoms with E-state index < -0.39 is 23.6 Å². The monoisotopic (exact) mass is 295 g/mol. The van der Waals surface area contributed by atoms with Gasteiger partial charge in [0.2, 0.25) is 0 Å². The molecule has 1 heterocycles. The molecule has 0 amide bonds. The van der Waals surface area contributed by atoms with E-state index >= 15 is 0 Å². The van der Waals surface area contributed by atoms with Crippen molar-refractivity contribution < 1.29 is 18.7 Å². The van der Waals surface area contributed by atoms with Crippen molar-refractivity contribution in [2.45, 2.75) is 50.7 Å². The van der Waals surface area contributed by atoms with Crippen LogP contribution in [-0.2, 0) is 11.3 Å². The van der Waals surface area contributed by atoms with E-state index in [-0.39, 0.29) is 12.6 Å². The van der Waals surface area contributed by atoms with Gasteiger partial charge in [0.05, 0.1) is 0 Å². The first kappa shape index (κ1) is 14.4. The summed E-state index contributed by atoms with van der Waals surface area (Å²) in [6, 6.07) is 3.16. The first-order chi connectivity index (χ1) is 10.1. The molecule has 21 heavy (non-hydrogen) atoms. The molecule has 1 aliphatic heterocycles. The van der Waals surface area contributed by atoms with Crippen LogP contribution in [0.15, 0.2) is 18.2 Å². The summed E-state index contributed by atoms with van der Waals surface area (Å²) in [7, 11) is 0. The molecule has 3 rings (SSSR count). The lowest BCUT2D eigenvalue weighted by Gasteiger charge is -2.33. The van der Waals surface area contributed by atoms with Gasteiger partial charge in [-0.2, -0.15) is 0 Å². The molecule has 1 aromatic carbocycles. The Morgan fingerprint density at radius 3 is 2.76 bits per heavy atom. The minimum Gasteiger partial charge on any atom is -0.480 e. The van der Waals surface area contributed by atoms with Gasteiger partial charge < -0.3 is 5.11 Å². The van der Waals surface area contributed by atoms with Gasteiger partial charge in [-0.1, -0.05) is 18.9 Å². The molecule has 5 heteroatoms. The summed E-state index contributed by atoms with van der Waals surface area (Å²) in [4.78, 5) is 13.4. The van der Waals surface area contributed by atoms with Crippen molar-refractivity contribution >= 4 is 5.97 Å². The van der Waals surface area contributed by atoms with E-state index in [4.69, 9.17) is 0 Å². The van der Waals surface area contributed by atoms with E-state index in [2.05, 4.69) is 0 Å². The summed E-state index contributed by atoms with van der Waals surface area (Å²) in [5.41, 5.74) is 0.369. The Balaban J connectivity index is 1.84. The van der Waals surface area contributed by atoms with Crippen molar-refractivity contribution in [2.75, 3.05) is 0 Å². The highest BCUT2D eigenvalue weighted by Gasteiger charge is 2.45. The van der Waals surface area contributed by atoms with Gasteiger partial charge in [-0.05, 0) is 31.2 Å². The Hall–Kier alpha value is -1.49. The molecule has 0 unspecified atom stereocenters. The van der Waals surface area contributed by atoms with E-state index in [0.717, 1.165) is 31.7 Å². The van der Waals surface area contributed by atoms with Crippen molar-refractivity contribution in [2.24, 2.45) is 5.92 Å². The topological polar surface area (TPSA) is 40.5 Å². The molecule has 0 spiro atoms. The Kier molecular flexibility index (Phi) is 3.93. The van der Waals surface area contributed by atoms with Crippen LogP contribution in [0.5, 0.6) is 0 Å². The van der Waals surface area contributed by atoms with E-state index in [0.29, 0.717) is 17.9 Å². The van der Waals surface area contributed by atoms with Gasteiger partial charge in [-0.3, -0.25) is 9.69 Å². The molecule has 1 N–H and O–H groups in total. The number of carbonyl (C=O) groups is 1. The van der Waals surface area contributed by atoms with Crippen LogP contribution in [-0.4, -0.2) is 28.1 Å². The van der Waals surface area contributed by atoms with Crippen molar-refractivity contribution in [3.63, 3.8) is 0 Å². The first-order valence-electron chi connectivity index (χ1n) is 7.48. The fourth-order valence-corrected chi connectivity index (χ4v) is 3.87. The van der Waals surface area contributed by atoms with Crippen LogP contribution < -0.4 is 0 Å². The highest BCUT2D eigenvalue weighted by Crippen LogP contribution is 2.40. The van der Waals surface area contributed by atoms with E-state index in [1.54, 1.807) is 0 Å². The summed E-state index contributed by atoms with van der Waals surface area (Å²) in [5.74, 6) is -1.66. The van der Waals surface area contributed by atoms with Gasteiger partial charge in [0.25, 0.3) is 0 Å². The number of halogens is 2. The molecule has 3 atom stereocenters. The van der Waals surface area contributed by atoms with Gasteiger partial charge in [0, 0.05) is 24.2 Å². The molecular formula is C16H19F2NO2. The number of carboxylic acid groups (broad SMARTS) is 1. The Morgan fingerprint density at radius 2 is 2.05 bits per heavy atom. The molecular weight excluding hydrogens is 276 g/mol. The molecule has 2 fully saturated rings. The number of nitrogens with zero attached hydrogens (tertiary/aromatic N) is 1. The maximum absolute atomic E-state index is 13.8.